The first-order valence-corrected chi connectivity index (χ1v) is 5.00. The third-order valence-corrected chi connectivity index (χ3v) is 2.10. The molecule has 2 aromatic rings. The minimum atomic E-state index is 0.638. The van der Waals surface area contributed by atoms with Crippen molar-refractivity contribution in [3.05, 3.63) is 36.1 Å². The standard InChI is InChI=1S/C10H14N4O/c1-2-9-5-13-10(15-9)6-11-3-8-4-12-7-14-8/h4-5,7,11H,2-3,6H2,1H3,(H,12,14). The van der Waals surface area contributed by atoms with Crippen molar-refractivity contribution in [1.29, 1.82) is 0 Å². The van der Waals surface area contributed by atoms with Crippen molar-refractivity contribution in [1.82, 2.24) is 20.3 Å². The summed E-state index contributed by atoms with van der Waals surface area (Å²) >= 11 is 0. The number of oxazole rings is 1. The van der Waals surface area contributed by atoms with E-state index in [2.05, 4.69) is 20.3 Å². The van der Waals surface area contributed by atoms with Gasteiger partial charge < -0.3 is 14.7 Å². The summed E-state index contributed by atoms with van der Waals surface area (Å²) in [6.45, 7) is 3.42. The predicted octanol–water partition coefficient (Wildman–Crippen LogP) is 1.25. The molecule has 2 N–H and O–H groups in total. The molecule has 0 radical (unpaired) electrons. The number of hydrogen-bond donors (Lipinski definition) is 2. The normalized spacial score (nSPS) is 10.7. The number of nitrogens with one attached hydrogen (secondary N) is 2. The van der Waals surface area contributed by atoms with Crippen LogP contribution in [0.3, 0.4) is 0 Å². The van der Waals surface area contributed by atoms with E-state index in [1.165, 1.54) is 0 Å². The van der Waals surface area contributed by atoms with Crippen molar-refractivity contribution in [2.45, 2.75) is 26.4 Å². The van der Waals surface area contributed by atoms with Crippen molar-refractivity contribution in [2.24, 2.45) is 0 Å². The summed E-state index contributed by atoms with van der Waals surface area (Å²) in [5.41, 5.74) is 1.05. The summed E-state index contributed by atoms with van der Waals surface area (Å²) in [5.74, 6) is 1.65. The average Bonchev–Trinajstić information content (AvgIpc) is 2.88. The van der Waals surface area contributed by atoms with Crippen LogP contribution in [0, 0.1) is 0 Å². The van der Waals surface area contributed by atoms with E-state index in [1.807, 2.05) is 6.92 Å². The molecule has 0 aliphatic carbocycles. The number of H-pyrrole nitrogens is 1. The SMILES string of the molecule is CCc1cnc(CNCc2cnc[nH]2)o1. The van der Waals surface area contributed by atoms with Gasteiger partial charge in [-0.15, -0.1) is 0 Å². The Hall–Kier alpha value is -1.62. The first kappa shape index (κ1) is 9.92. The molecule has 0 aliphatic heterocycles. The molecule has 0 fully saturated rings. The smallest absolute Gasteiger partial charge is 0.208 e. The van der Waals surface area contributed by atoms with Crippen LogP contribution in [0.25, 0.3) is 0 Å². The Labute approximate surface area is 87.9 Å². The van der Waals surface area contributed by atoms with Gasteiger partial charge in [0.15, 0.2) is 0 Å². The summed E-state index contributed by atoms with van der Waals surface area (Å²) in [7, 11) is 0. The van der Waals surface area contributed by atoms with E-state index in [4.69, 9.17) is 4.42 Å². The zero-order chi connectivity index (χ0) is 10.5. The van der Waals surface area contributed by atoms with E-state index < -0.39 is 0 Å². The molecule has 0 unspecified atom stereocenters. The van der Waals surface area contributed by atoms with Crippen molar-refractivity contribution in [3.63, 3.8) is 0 Å². The number of nitrogens with zero attached hydrogens (tertiary/aromatic N) is 2. The predicted molar refractivity (Wildman–Crippen MR) is 55.0 cm³/mol. The number of rotatable bonds is 5. The summed E-state index contributed by atoms with van der Waals surface area (Å²) in [5, 5.41) is 3.21. The molecular weight excluding hydrogens is 192 g/mol. The average molecular weight is 206 g/mol. The molecule has 2 heterocycles. The Morgan fingerprint density at radius 1 is 1.40 bits per heavy atom. The Bertz CT molecular complexity index is 393. The van der Waals surface area contributed by atoms with Crippen molar-refractivity contribution in [2.75, 3.05) is 0 Å². The molecule has 0 saturated carbocycles. The molecule has 0 spiro atoms. The minimum absolute atomic E-state index is 0.638. The van der Waals surface area contributed by atoms with Crippen LogP contribution < -0.4 is 5.32 Å². The Kier molecular flexibility index (Phi) is 3.14. The highest BCUT2D eigenvalue weighted by atomic mass is 16.4. The Morgan fingerprint density at radius 3 is 3.00 bits per heavy atom. The van der Waals surface area contributed by atoms with Gasteiger partial charge in [0.2, 0.25) is 5.89 Å². The van der Waals surface area contributed by atoms with Gasteiger partial charge >= 0.3 is 0 Å². The fourth-order valence-corrected chi connectivity index (χ4v) is 1.28. The first-order valence-electron chi connectivity index (χ1n) is 5.00. The topological polar surface area (TPSA) is 66.7 Å². The molecule has 0 amide bonds. The van der Waals surface area contributed by atoms with Crippen LogP contribution in [0.1, 0.15) is 24.3 Å². The van der Waals surface area contributed by atoms with E-state index in [-0.39, 0.29) is 0 Å². The van der Waals surface area contributed by atoms with Gasteiger partial charge in [0, 0.05) is 24.9 Å². The number of aromatic amines is 1. The van der Waals surface area contributed by atoms with Crippen LogP contribution in [0.15, 0.2) is 23.1 Å². The first-order chi connectivity index (χ1) is 7.38. The van der Waals surface area contributed by atoms with Gasteiger partial charge in [0.1, 0.15) is 5.76 Å². The number of imidazole rings is 1. The molecule has 0 aliphatic rings. The second-order valence-corrected chi connectivity index (χ2v) is 3.25. The maximum atomic E-state index is 5.45. The quantitative estimate of drug-likeness (QED) is 0.772. The zero-order valence-corrected chi connectivity index (χ0v) is 8.66. The highest BCUT2D eigenvalue weighted by molar-refractivity contribution is 4.95. The number of aryl methyl sites for hydroxylation is 1. The molecule has 0 saturated heterocycles. The minimum Gasteiger partial charge on any atom is -0.444 e. The summed E-state index contributed by atoms with van der Waals surface area (Å²) in [6, 6.07) is 0. The van der Waals surface area contributed by atoms with Crippen LogP contribution >= 0.6 is 0 Å². The van der Waals surface area contributed by atoms with E-state index in [0.717, 1.165) is 30.3 Å². The molecular formula is C10H14N4O. The molecule has 15 heavy (non-hydrogen) atoms. The van der Waals surface area contributed by atoms with Crippen molar-refractivity contribution in [3.8, 4) is 0 Å². The molecule has 2 rings (SSSR count). The van der Waals surface area contributed by atoms with Crippen LogP contribution in [0.5, 0.6) is 0 Å². The molecule has 0 aromatic carbocycles. The van der Waals surface area contributed by atoms with Gasteiger partial charge in [0.25, 0.3) is 0 Å². The lowest BCUT2D eigenvalue weighted by Gasteiger charge is -1.98. The molecule has 0 atom stereocenters. The lowest BCUT2D eigenvalue weighted by molar-refractivity contribution is 0.438. The lowest BCUT2D eigenvalue weighted by atomic mass is 10.4. The van der Waals surface area contributed by atoms with Gasteiger partial charge in [-0.1, -0.05) is 6.92 Å². The fourth-order valence-electron chi connectivity index (χ4n) is 1.28. The summed E-state index contributed by atoms with van der Waals surface area (Å²) in [4.78, 5) is 11.1. The fraction of sp³-hybridized carbons (Fsp3) is 0.400. The van der Waals surface area contributed by atoms with E-state index in [9.17, 15) is 0 Å². The second kappa shape index (κ2) is 4.75. The molecule has 80 valence electrons. The largest absolute Gasteiger partial charge is 0.444 e. The second-order valence-electron chi connectivity index (χ2n) is 3.25. The molecule has 2 aromatic heterocycles. The van der Waals surface area contributed by atoms with Gasteiger partial charge in [-0.05, 0) is 0 Å². The van der Waals surface area contributed by atoms with E-state index in [0.29, 0.717) is 6.54 Å². The highest BCUT2D eigenvalue weighted by Crippen LogP contribution is 2.03. The maximum Gasteiger partial charge on any atom is 0.208 e. The molecule has 5 heteroatoms. The number of aromatic nitrogens is 3. The Balaban J connectivity index is 1.78. The monoisotopic (exact) mass is 206 g/mol. The van der Waals surface area contributed by atoms with Crippen LogP contribution in [-0.4, -0.2) is 15.0 Å². The van der Waals surface area contributed by atoms with Gasteiger partial charge in [-0.3, -0.25) is 0 Å². The van der Waals surface area contributed by atoms with Crippen LogP contribution in [-0.2, 0) is 19.5 Å². The van der Waals surface area contributed by atoms with Crippen LogP contribution in [0.2, 0.25) is 0 Å². The van der Waals surface area contributed by atoms with Crippen molar-refractivity contribution >= 4 is 0 Å². The molecule has 0 bridgehead atoms. The third kappa shape index (κ3) is 2.66. The maximum absolute atomic E-state index is 5.45. The number of hydrogen-bond acceptors (Lipinski definition) is 4. The Morgan fingerprint density at radius 2 is 2.33 bits per heavy atom. The summed E-state index contributed by atoms with van der Waals surface area (Å²) < 4.78 is 5.45. The lowest BCUT2D eigenvalue weighted by Crippen LogP contribution is -2.12. The van der Waals surface area contributed by atoms with Gasteiger partial charge in [-0.2, -0.15) is 0 Å². The van der Waals surface area contributed by atoms with Gasteiger partial charge in [0.05, 0.1) is 19.1 Å². The van der Waals surface area contributed by atoms with E-state index >= 15 is 0 Å². The zero-order valence-electron chi connectivity index (χ0n) is 8.66. The van der Waals surface area contributed by atoms with Gasteiger partial charge in [-0.25, -0.2) is 9.97 Å². The summed E-state index contributed by atoms with van der Waals surface area (Å²) in [6.07, 6.45) is 6.11. The van der Waals surface area contributed by atoms with Crippen molar-refractivity contribution < 1.29 is 4.42 Å². The van der Waals surface area contributed by atoms with E-state index in [1.54, 1.807) is 18.7 Å². The molecule has 5 nitrogen and oxygen atoms in total. The highest BCUT2D eigenvalue weighted by Gasteiger charge is 2.01. The third-order valence-electron chi connectivity index (χ3n) is 2.10. The van der Waals surface area contributed by atoms with Crippen LogP contribution in [0.4, 0.5) is 0 Å².